The Morgan fingerprint density at radius 1 is 0.889 bits per heavy atom. The molecule has 2 aromatic carbocycles. The Morgan fingerprint density at radius 3 is 2.17 bits per heavy atom. The molecule has 92 valence electrons. The molecule has 0 bridgehead atoms. The molecule has 0 saturated carbocycles. The quantitative estimate of drug-likeness (QED) is 0.498. The van der Waals surface area contributed by atoms with Gasteiger partial charge in [0.05, 0.1) is 6.21 Å². The minimum absolute atomic E-state index is 0.232. The fraction of sp³-hybridized carbons (Fsp3) is 0.0714. The van der Waals surface area contributed by atoms with Crippen molar-refractivity contribution in [2.45, 2.75) is 0 Å². The van der Waals surface area contributed by atoms with Crippen LogP contribution in [0.4, 0.5) is 0 Å². The van der Waals surface area contributed by atoms with E-state index >= 15 is 0 Å². The first kappa shape index (κ1) is 12.0. The number of nitrogens with zero attached hydrogens (tertiary/aromatic N) is 1. The molecule has 0 saturated heterocycles. The van der Waals surface area contributed by atoms with Crippen molar-refractivity contribution in [1.29, 1.82) is 0 Å². The molecule has 0 heterocycles. The Balaban J connectivity index is 1.95. The van der Waals surface area contributed by atoms with Crippen molar-refractivity contribution < 1.29 is 14.7 Å². The van der Waals surface area contributed by atoms with Gasteiger partial charge in [-0.15, -0.1) is 0 Å². The Bertz CT molecular complexity index is 494. The summed E-state index contributed by atoms with van der Waals surface area (Å²) >= 11 is 0. The number of benzene rings is 2. The minimum atomic E-state index is 0.232. The van der Waals surface area contributed by atoms with Gasteiger partial charge in [0.25, 0.3) is 0 Å². The van der Waals surface area contributed by atoms with Crippen LogP contribution in [0.5, 0.6) is 17.2 Å². The van der Waals surface area contributed by atoms with Crippen LogP contribution < -0.4 is 9.47 Å². The summed E-state index contributed by atoms with van der Waals surface area (Å²) in [5.41, 5.74) is 0. The van der Waals surface area contributed by atoms with Crippen LogP contribution in [0.1, 0.15) is 0 Å². The van der Waals surface area contributed by atoms with E-state index in [2.05, 4.69) is 5.16 Å². The molecule has 0 atom stereocenters. The summed E-state index contributed by atoms with van der Waals surface area (Å²) in [4.78, 5) is 0. The van der Waals surface area contributed by atoms with Crippen molar-refractivity contribution in [3.63, 3.8) is 0 Å². The van der Waals surface area contributed by atoms with Gasteiger partial charge in [0, 0.05) is 0 Å². The van der Waals surface area contributed by atoms with Gasteiger partial charge in [-0.25, -0.2) is 0 Å². The smallest absolute Gasteiger partial charge is 0.127 e. The summed E-state index contributed by atoms with van der Waals surface area (Å²) in [5, 5.41) is 11.1. The highest BCUT2D eigenvalue weighted by Crippen LogP contribution is 2.23. The van der Waals surface area contributed by atoms with Gasteiger partial charge in [-0.05, 0) is 36.4 Å². The Kier molecular flexibility index (Phi) is 4.19. The standard InChI is InChI=1S/C14H13NO3/c16-15-10-11-17-12-6-8-14(9-7-12)18-13-4-2-1-3-5-13/h1-10,16H,11H2/b15-10-. The molecule has 4 heteroatoms. The fourth-order valence-electron chi connectivity index (χ4n) is 1.40. The highest BCUT2D eigenvalue weighted by molar-refractivity contribution is 5.58. The average Bonchev–Trinajstić information content (AvgIpc) is 2.42. The zero-order chi connectivity index (χ0) is 12.6. The van der Waals surface area contributed by atoms with Crippen LogP contribution in [0.2, 0.25) is 0 Å². The van der Waals surface area contributed by atoms with E-state index < -0.39 is 0 Å². The molecule has 0 amide bonds. The molecule has 0 aliphatic heterocycles. The first-order valence-electron chi connectivity index (χ1n) is 5.50. The lowest BCUT2D eigenvalue weighted by atomic mass is 10.3. The fourth-order valence-corrected chi connectivity index (χ4v) is 1.40. The van der Waals surface area contributed by atoms with Gasteiger partial charge in [0.1, 0.15) is 23.9 Å². The van der Waals surface area contributed by atoms with E-state index in [4.69, 9.17) is 14.7 Å². The van der Waals surface area contributed by atoms with Gasteiger partial charge in [-0.1, -0.05) is 23.4 Å². The number of para-hydroxylation sites is 1. The molecule has 2 aromatic rings. The van der Waals surface area contributed by atoms with Gasteiger partial charge < -0.3 is 14.7 Å². The minimum Gasteiger partial charge on any atom is -0.488 e. The highest BCUT2D eigenvalue weighted by atomic mass is 16.5. The third kappa shape index (κ3) is 3.52. The van der Waals surface area contributed by atoms with E-state index in [-0.39, 0.29) is 6.61 Å². The molecule has 0 unspecified atom stereocenters. The molecule has 0 spiro atoms. The monoisotopic (exact) mass is 243 g/mol. The Labute approximate surface area is 105 Å². The molecule has 4 nitrogen and oxygen atoms in total. The van der Waals surface area contributed by atoms with Crippen LogP contribution in [-0.2, 0) is 0 Å². The molecule has 0 fully saturated rings. The number of hydrogen-bond donors (Lipinski definition) is 1. The van der Waals surface area contributed by atoms with E-state index in [9.17, 15) is 0 Å². The maximum absolute atomic E-state index is 8.22. The molecular weight excluding hydrogens is 230 g/mol. The molecule has 0 aliphatic carbocycles. The highest BCUT2D eigenvalue weighted by Gasteiger charge is 1.97. The van der Waals surface area contributed by atoms with E-state index in [1.54, 1.807) is 12.1 Å². The van der Waals surface area contributed by atoms with Crippen molar-refractivity contribution in [1.82, 2.24) is 0 Å². The van der Waals surface area contributed by atoms with Crippen molar-refractivity contribution in [2.24, 2.45) is 5.16 Å². The van der Waals surface area contributed by atoms with Crippen molar-refractivity contribution in [3.05, 3.63) is 54.6 Å². The third-order valence-corrected chi connectivity index (χ3v) is 2.21. The molecule has 2 rings (SSSR count). The van der Waals surface area contributed by atoms with E-state index in [0.29, 0.717) is 5.75 Å². The molecular formula is C14H13NO3. The first-order valence-corrected chi connectivity index (χ1v) is 5.50. The number of hydrogen-bond acceptors (Lipinski definition) is 4. The Hall–Kier alpha value is -2.49. The lowest BCUT2D eigenvalue weighted by Gasteiger charge is -2.06. The molecule has 0 aliphatic rings. The maximum Gasteiger partial charge on any atom is 0.127 e. The van der Waals surface area contributed by atoms with E-state index in [0.717, 1.165) is 11.5 Å². The van der Waals surface area contributed by atoms with Gasteiger partial charge in [-0.3, -0.25) is 0 Å². The summed E-state index contributed by atoms with van der Waals surface area (Å²) in [6, 6.07) is 16.8. The lowest BCUT2D eigenvalue weighted by Crippen LogP contribution is -1.97. The predicted octanol–water partition coefficient (Wildman–Crippen LogP) is 3.32. The average molecular weight is 243 g/mol. The van der Waals surface area contributed by atoms with E-state index in [1.807, 2.05) is 42.5 Å². The zero-order valence-corrected chi connectivity index (χ0v) is 9.69. The summed E-state index contributed by atoms with van der Waals surface area (Å²) in [5.74, 6) is 2.22. The number of ether oxygens (including phenoxy) is 2. The summed E-state index contributed by atoms with van der Waals surface area (Å²) in [7, 11) is 0. The van der Waals surface area contributed by atoms with Crippen LogP contribution in [0.25, 0.3) is 0 Å². The second kappa shape index (κ2) is 6.30. The number of oxime groups is 1. The van der Waals surface area contributed by atoms with Gasteiger partial charge in [0.2, 0.25) is 0 Å². The topological polar surface area (TPSA) is 51.1 Å². The zero-order valence-electron chi connectivity index (χ0n) is 9.69. The van der Waals surface area contributed by atoms with Gasteiger partial charge in [0.15, 0.2) is 0 Å². The Morgan fingerprint density at radius 2 is 1.50 bits per heavy atom. The van der Waals surface area contributed by atoms with Crippen LogP contribution in [0.15, 0.2) is 59.8 Å². The normalized spacial score (nSPS) is 10.4. The van der Waals surface area contributed by atoms with Crippen molar-refractivity contribution >= 4 is 6.21 Å². The maximum atomic E-state index is 8.22. The van der Waals surface area contributed by atoms with Gasteiger partial charge >= 0.3 is 0 Å². The SMILES string of the molecule is O/N=C\COc1ccc(Oc2ccccc2)cc1. The number of rotatable bonds is 5. The predicted molar refractivity (Wildman–Crippen MR) is 68.7 cm³/mol. The summed E-state index contributed by atoms with van der Waals surface area (Å²) in [6.45, 7) is 0.232. The largest absolute Gasteiger partial charge is 0.488 e. The van der Waals surface area contributed by atoms with Crippen LogP contribution >= 0.6 is 0 Å². The third-order valence-electron chi connectivity index (χ3n) is 2.21. The van der Waals surface area contributed by atoms with Crippen LogP contribution in [-0.4, -0.2) is 18.0 Å². The molecule has 0 aromatic heterocycles. The van der Waals surface area contributed by atoms with Crippen molar-refractivity contribution in [2.75, 3.05) is 6.61 Å². The lowest BCUT2D eigenvalue weighted by molar-refractivity contribution is 0.312. The second-order valence-electron chi connectivity index (χ2n) is 3.50. The van der Waals surface area contributed by atoms with Gasteiger partial charge in [-0.2, -0.15) is 0 Å². The summed E-state index contributed by atoms with van der Waals surface area (Å²) < 4.78 is 10.9. The molecule has 18 heavy (non-hydrogen) atoms. The van der Waals surface area contributed by atoms with Crippen LogP contribution in [0, 0.1) is 0 Å². The second-order valence-corrected chi connectivity index (χ2v) is 3.50. The first-order chi connectivity index (χ1) is 8.88. The van der Waals surface area contributed by atoms with Crippen LogP contribution in [0.3, 0.4) is 0 Å². The molecule has 1 N–H and O–H groups in total. The van der Waals surface area contributed by atoms with E-state index in [1.165, 1.54) is 6.21 Å². The molecule has 0 radical (unpaired) electrons. The summed E-state index contributed by atoms with van der Waals surface area (Å²) in [6.07, 6.45) is 1.27. The van der Waals surface area contributed by atoms with Crippen molar-refractivity contribution in [3.8, 4) is 17.2 Å².